The van der Waals surface area contributed by atoms with E-state index in [1.54, 1.807) is 30.3 Å². The van der Waals surface area contributed by atoms with Gasteiger partial charge in [0.2, 0.25) is 11.8 Å². The molecule has 0 spiro atoms. The molecule has 0 bridgehead atoms. The summed E-state index contributed by atoms with van der Waals surface area (Å²) in [4.78, 5) is 40.3. The maximum atomic E-state index is 13.6. The number of benzene rings is 3. The number of ether oxygens (including phenoxy) is 1. The highest BCUT2D eigenvalue weighted by Gasteiger charge is 2.29. The van der Waals surface area contributed by atoms with E-state index >= 15 is 0 Å². The van der Waals surface area contributed by atoms with Gasteiger partial charge >= 0.3 is 0 Å². The molecule has 7 nitrogen and oxygen atoms in total. The van der Waals surface area contributed by atoms with E-state index in [2.05, 4.69) is 16.0 Å². The smallest absolute Gasteiger partial charge is 0.255 e. The quantitative estimate of drug-likeness (QED) is 0.181. The molecule has 0 fully saturated rings. The minimum absolute atomic E-state index is 0.0720. The van der Waals surface area contributed by atoms with Crippen molar-refractivity contribution in [3.63, 3.8) is 0 Å². The van der Waals surface area contributed by atoms with Crippen LogP contribution in [-0.2, 0) is 16.2 Å². The Morgan fingerprint density at radius 3 is 2.00 bits per heavy atom. The van der Waals surface area contributed by atoms with Crippen molar-refractivity contribution >= 4 is 58.2 Å². The lowest BCUT2D eigenvalue weighted by Crippen LogP contribution is -2.53. The van der Waals surface area contributed by atoms with Crippen molar-refractivity contribution in [3.05, 3.63) is 92.9 Å². The van der Waals surface area contributed by atoms with Gasteiger partial charge < -0.3 is 20.7 Å². The number of hydrogen-bond acceptors (Lipinski definition) is 4. The van der Waals surface area contributed by atoms with E-state index < -0.39 is 29.8 Å². The van der Waals surface area contributed by atoms with Crippen LogP contribution >= 0.6 is 34.8 Å². The van der Waals surface area contributed by atoms with Crippen LogP contribution in [0.5, 0.6) is 5.75 Å². The van der Waals surface area contributed by atoms with Gasteiger partial charge in [-0.05, 0) is 66.6 Å². The molecular formula is C32H36Cl3N3O4. The molecule has 3 rings (SSSR count). The molecule has 0 saturated carbocycles. The summed E-state index contributed by atoms with van der Waals surface area (Å²) in [7, 11) is 0. The Hall–Kier alpha value is -3.26. The molecule has 0 saturated heterocycles. The van der Waals surface area contributed by atoms with E-state index in [1.165, 1.54) is 6.07 Å². The highest BCUT2D eigenvalue weighted by atomic mass is 35.5. The Morgan fingerprint density at radius 1 is 0.738 bits per heavy atom. The molecule has 0 aliphatic rings. The predicted molar refractivity (Wildman–Crippen MR) is 169 cm³/mol. The molecule has 0 radical (unpaired) electrons. The first kappa shape index (κ1) is 33.2. The third kappa shape index (κ3) is 10.2. The van der Waals surface area contributed by atoms with Gasteiger partial charge in [0.15, 0.2) is 0 Å². The van der Waals surface area contributed by atoms with Gasteiger partial charge in [0.25, 0.3) is 5.91 Å². The Kier molecular flexibility index (Phi) is 12.5. The van der Waals surface area contributed by atoms with Crippen LogP contribution in [0.4, 0.5) is 5.69 Å². The first-order chi connectivity index (χ1) is 19.9. The van der Waals surface area contributed by atoms with Gasteiger partial charge in [0.1, 0.15) is 24.4 Å². The van der Waals surface area contributed by atoms with E-state index in [9.17, 15) is 14.4 Å². The number of amides is 3. The van der Waals surface area contributed by atoms with Gasteiger partial charge in [0, 0.05) is 10.7 Å². The average molecular weight is 633 g/mol. The standard InChI is InChI=1S/C32H36Cl3N3O4/c1-19(2)14-27(31(40)36-23-11-12-25(34)26(35)17-23)38-32(41)28(15-20(3)4)37-30(39)24-16-22(33)10-13-29(24)42-18-21-8-6-5-7-9-21/h5-13,16-17,19-20,27-28H,14-15,18H2,1-4H3,(H,36,40)(H,37,39)(H,38,41)/t27-,28-/m0/s1. The normalized spacial score (nSPS) is 12.5. The number of carbonyl (C=O) groups excluding carboxylic acids is 3. The lowest BCUT2D eigenvalue weighted by Gasteiger charge is -2.25. The molecule has 224 valence electrons. The molecule has 3 aromatic rings. The van der Waals surface area contributed by atoms with Crippen molar-refractivity contribution in [3.8, 4) is 5.75 Å². The Labute approximate surface area is 262 Å². The van der Waals surface area contributed by atoms with E-state index in [4.69, 9.17) is 39.5 Å². The van der Waals surface area contributed by atoms with Gasteiger partial charge in [0.05, 0.1) is 15.6 Å². The Morgan fingerprint density at radius 2 is 1.38 bits per heavy atom. The summed E-state index contributed by atoms with van der Waals surface area (Å²) < 4.78 is 5.94. The first-order valence-electron chi connectivity index (χ1n) is 13.8. The highest BCUT2D eigenvalue weighted by Crippen LogP contribution is 2.26. The third-order valence-electron chi connectivity index (χ3n) is 6.28. The molecule has 3 N–H and O–H groups in total. The summed E-state index contributed by atoms with van der Waals surface area (Å²) in [6.45, 7) is 8.05. The van der Waals surface area contributed by atoms with Gasteiger partial charge in [-0.15, -0.1) is 0 Å². The van der Waals surface area contributed by atoms with Gasteiger partial charge in [-0.2, -0.15) is 0 Å². The van der Waals surface area contributed by atoms with Crippen LogP contribution in [0.3, 0.4) is 0 Å². The van der Waals surface area contributed by atoms with Crippen molar-refractivity contribution in [2.24, 2.45) is 11.8 Å². The zero-order chi connectivity index (χ0) is 30.8. The van der Waals surface area contributed by atoms with Crippen LogP contribution in [-0.4, -0.2) is 29.8 Å². The summed E-state index contributed by atoms with van der Waals surface area (Å²) in [5, 5.41) is 9.49. The number of rotatable bonds is 13. The molecule has 0 aromatic heterocycles. The van der Waals surface area contributed by atoms with Crippen molar-refractivity contribution in [2.75, 3.05) is 5.32 Å². The van der Waals surface area contributed by atoms with Crippen molar-refractivity contribution in [1.29, 1.82) is 0 Å². The van der Waals surface area contributed by atoms with Crippen molar-refractivity contribution in [1.82, 2.24) is 10.6 Å². The lowest BCUT2D eigenvalue weighted by molar-refractivity contribution is -0.128. The summed E-state index contributed by atoms with van der Waals surface area (Å²) in [5.41, 5.74) is 1.59. The first-order valence-corrected chi connectivity index (χ1v) is 14.9. The van der Waals surface area contributed by atoms with Crippen molar-refractivity contribution < 1.29 is 19.1 Å². The second-order valence-corrected chi connectivity index (χ2v) is 12.1. The van der Waals surface area contributed by atoms with Crippen LogP contribution in [0.1, 0.15) is 56.5 Å². The van der Waals surface area contributed by atoms with E-state index in [1.807, 2.05) is 58.0 Å². The fourth-order valence-corrected chi connectivity index (χ4v) is 4.73. The van der Waals surface area contributed by atoms with Gasteiger partial charge in [-0.1, -0.05) is 92.8 Å². The number of hydrogen-bond donors (Lipinski definition) is 3. The number of halogens is 3. The number of anilines is 1. The van der Waals surface area contributed by atoms with Crippen molar-refractivity contribution in [2.45, 2.75) is 59.2 Å². The van der Waals surface area contributed by atoms with Crippen LogP contribution < -0.4 is 20.7 Å². The Balaban J connectivity index is 1.77. The number of carbonyl (C=O) groups is 3. The molecular weight excluding hydrogens is 597 g/mol. The minimum Gasteiger partial charge on any atom is -0.488 e. The predicted octanol–water partition coefficient (Wildman–Crippen LogP) is 7.54. The van der Waals surface area contributed by atoms with Crippen LogP contribution in [0.25, 0.3) is 0 Å². The lowest BCUT2D eigenvalue weighted by atomic mass is 9.99. The molecule has 0 aliphatic carbocycles. The third-order valence-corrected chi connectivity index (χ3v) is 7.25. The maximum Gasteiger partial charge on any atom is 0.255 e. The fraction of sp³-hybridized carbons (Fsp3) is 0.344. The summed E-state index contributed by atoms with van der Waals surface area (Å²) in [5.74, 6) is -0.881. The zero-order valence-corrected chi connectivity index (χ0v) is 26.3. The molecule has 0 unspecified atom stereocenters. The molecule has 10 heteroatoms. The zero-order valence-electron chi connectivity index (χ0n) is 24.0. The molecule has 0 aliphatic heterocycles. The van der Waals surface area contributed by atoms with E-state index in [-0.39, 0.29) is 24.0 Å². The highest BCUT2D eigenvalue weighted by molar-refractivity contribution is 6.42. The second-order valence-electron chi connectivity index (χ2n) is 10.9. The summed E-state index contributed by atoms with van der Waals surface area (Å²) >= 11 is 18.3. The molecule has 3 aromatic carbocycles. The molecule has 42 heavy (non-hydrogen) atoms. The Bertz CT molecular complexity index is 1380. The molecule has 2 atom stereocenters. The van der Waals surface area contributed by atoms with Crippen LogP contribution in [0, 0.1) is 11.8 Å². The topological polar surface area (TPSA) is 96.5 Å². The maximum absolute atomic E-state index is 13.6. The second kappa shape index (κ2) is 15.8. The molecule has 3 amide bonds. The van der Waals surface area contributed by atoms with Gasteiger partial charge in [-0.25, -0.2) is 0 Å². The van der Waals surface area contributed by atoms with Crippen LogP contribution in [0.15, 0.2) is 66.7 Å². The van der Waals surface area contributed by atoms with E-state index in [0.717, 1.165) is 5.56 Å². The van der Waals surface area contributed by atoms with E-state index in [0.29, 0.717) is 39.3 Å². The fourth-order valence-electron chi connectivity index (χ4n) is 4.26. The summed E-state index contributed by atoms with van der Waals surface area (Å²) in [6.07, 6.45) is 0.730. The number of nitrogens with one attached hydrogen (secondary N) is 3. The largest absolute Gasteiger partial charge is 0.488 e. The average Bonchev–Trinajstić information content (AvgIpc) is 2.93. The minimum atomic E-state index is -0.911. The van der Waals surface area contributed by atoms with Gasteiger partial charge in [-0.3, -0.25) is 14.4 Å². The molecule has 0 heterocycles. The SMILES string of the molecule is CC(C)C[C@H](NC(=O)c1cc(Cl)ccc1OCc1ccccc1)C(=O)N[C@@H](CC(C)C)C(=O)Nc1ccc(Cl)c(Cl)c1. The summed E-state index contributed by atoms with van der Waals surface area (Å²) in [6, 6.07) is 17.3. The monoisotopic (exact) mass is 631 g/mol. The van der Waals surface area contributed by atoms with Crippen LogP contribution in [0.2, 0.25) is 15.1 Å².